The summed E-state index contributed by atoms with van der Waals surface area (Å²) in [4.78, 5) is 12.8. The van der Waals surface area contributed by atoms with Crippen molar-refractivity contribution >= 4 is 5.78 Å². The van der Waals surface area contributed by atoms with E-state index in [2.05, 4.69) is 13.8 Å². The molecule has 0 saturated carbocycles. The molecule has 2 nitrogen and oxygen atoms in total. The van der Waals surface area contributed by atoms with Gasteiger partial charge in [0, 0.05) is 11.1 Å². The van der Waals surface area contributed by atoms with Crippen LogP contribution in [0.3, 0.4) is 0 Å². The van der Waals surface area contributed by atoms with Gasteiger partial charge in [-0.1, -0.05) is 44.2 Å². The van der Waals surface area contributed by atoms with Crippen LogP contribution >= 0.6 is 0 Å². The number of ketones is 1. The van der Waals surface area contributed by atoms with Gasteiger partial charge < -0.3 is 4.74 Å². The maximum absolute atomic E-state index is 12.8. The maximum atomic E-state index is 12.8. The van der Waals surface area contributed by atoms with E-state index in [0.717, 1.165) is 48.3 Å². The standard InChI is InChI=1S/C20H22O2/c1-14(2)18-13-17(19(21)15-8-4-3-5-9-15)12-16-10-6-7-11-22-20(16)18/h3-5,8-9,12-14H,6-7,10-11H2,1-2H3. The van der Waals surface area contributed by atoms with E-state index in [1.807, 2.05) is 42.5 Å². The summed E-state index contributed by atoms with van der Waals surface area (Å²) in [7, 11) is 0. The summed E-state index contributed by atoms with van der Waals surface area (Å²) in [6.07, 6.45) is 3.19. The Labute approximate surface area is 132 Å². The zero-order chi connectivity index (χ0) is 15.5. The summed E-state index contributed by atoms with van der Waals surface area (Å²) in [5, 5.41) is 0. The summed E-state index contributed by atoms with van der Waals surface area (Å²) in [5.41, 5.74) is 3.85. The minimum atomic E-state index is 0.0922. The van der Waals surface area contributed by atoms with Crippen molar-refractivity contribution < 1.29 is 9.53 Å². The van der Waals surface area contributed by atoms with Gasteiger partial charge >= 0.3 is 0 Å². The third-order valence-corrected chi connectivity index (χ3v) is 4.20. The van der Waals surface area contributed by atoms with E-state index in [4.69, 9.17) is 4.74 Å². The van der Waals surface area contributed by atoms with E-state index >= 15 is 0 Å². The van der Waals surface area contributed by atoms with Gasteiger partial charge in [-0.3, -0.25) is 4.79 Å². The van der Waals surface area contributed by atoms with Gasteiger partial charge in [0.25, 0.3) is 0 Å². The summed E-state index contributed by atoms with van der Waals surface area (Å²) >= 11 is 0. The minimum absolute atomic E-state index is 0.0922. The van der Waals surface area contributed by atoms with E-state index in [9.17, 15) is 4.79 Å². The van der Waals surface area contributed by atoms with Crippen LogP contribution in [0.4, 0.5) is 0 Å². The zero-order valence-corrected chi connectivity index (χ0v) is 13.3. The number of fused-ring (bicyclic) bond motifs is 1. The highest BCUT2D eigenvalue weighted by atomic mass is 16.5. The molecule has 2 aromatic carbocycles. The van der Waals surface area contributed by atoms with Gasteiger partial charge in [-0.25, -0.2) is 0 Å². The number of rotatable bonds is 3. The van der Waals surface area contributed by atoms with Gasteiger partial charge in [-0.2, -0.15) is 0 Å². The lowest BCUT2D eigenvalue weighted by molar-refractivity contribution is 0.103. The molecule has 0 N–H and O–H groups in total. The van der Waals surface area contributed by atoms with Crippen molar-refractivity contribution in [1.29, 1.82) is 0 Å². The lowest BCUT2D eigenvalue weighted by Gasteiger charge is -2.17. The van der Waals surface area contributed by atoms with Crippen LogP contribution in [0.2, 0.25) is 0 Å². The minimum Gasteiger partial charge on any atom is -0.493 e. The molecule has 3 rings (SSSR count). The molecule has 0 bridgehead atoms. The largest absolute Gasteiger partial charge is 0.493 e. The van der Waals surface area contributed by atoms with E-state index in [1.165, 1.54) is 5.56 Å². The van der Waals surface area contributed by atoms with E-state index < -0.39 is 0 Å². The van der Waals surface area contributed by atoms with Gasteiger partial charge in [-0.15, -0.1) is 0 Å². The van der Waals surface area contributed by atoms with Crippen LogP contribution in [-0.2, 0) is 6.42 Å². The number of hydrogen-bond acceptors (Lipinski definition) is 2. The normalized spacial score (nSPS) is 14.1. The Kier molecular flexibility index (Phi) is 4.28. The third-order valence-electron chi connectivity index (χ3n) is 4.20. The molecular weight excluding hydrogens is 272 g/mol. The number of carbonyl (C=O) groups is 1. The Morgan fingerprint density at radius 2 is 1.82 bits per heavy atom. The number of ether oxygens (including phenoxy) is 1. The first-order chi connectivity index (χ1) is 10.7. The lowest BCUT2D eigenvalue weighted by Crippen LogP contribution is -2.07. The van der Waals surface area contributed by atoms with Crippen molar-refractivity contribution in [3.05, 3.63) is 64.7 Å². The molecule has 22 heavy (non-hydrogen) atoms. The van der Waals surface area contributed by atoms with Crippen molar-refractivity contribution in [2.75, 3.05) is 6.61 Å². The Morgan fingerprint density at radius 1 is 1.05 bits per heavy atom. The Bertz CT molecular complexity index is 672. The lowest BCUT2D eigenvalue weighted by atomic mass is 9.91. The summed E-state index contributed by atoms with van der Waals surface area (Å²) in [6.45, 7) is 5.08. The van der Waals surface area contributed by atoms with Crippen LogP contribution < -0.4 is 4.74 Å². The fraction of sp³-hybridized carbons (Fsp3) is 0.350. The van der Waals surface area contributed by atoms with E-state index in [-0.39, 0.29) is 5.78 Å². The van der Waals surface area contributed by atoms with E-state index in [1.54, 1.807) is 0 Å². The zero-order valence-electron chi connectivity index (χ0n) is 13.3. The number of aryl methyl sites for hydroxylation is 1. The molecule has 0 radical (unpaired) electrons. The quantitative estimate of drug-likeness (QED) is 0.763. The fourth-order valence-corrected chi connectivity index (χ4v) is 2.98. The van der Waals surface area contributed by atoms with Crippen LogP contribution in [0.5, 0.6) is 5.75 Å². The molecule has 0 fully saturated rings. The number of hydrogen-bond donors (Lipinski definition) is 0. The van der Waals surface area contributed by atoms with Crippen LogP contribution in [0, 0.1) is 0 Å². The Balaban J connectivity index is 2.07. The first-order valence-electron chi connectivity index (χ1n) is 8.06. The molecular formula is C20H22O2. The molecule has 0 saturated heterocycles. The van der Waals surface area contributed by atoms with Crippen molar-refractivity contribution in [2.24, 2.45) is 0 Å². The predicted octanol–water partition coefficient (Wildman–Crippen LogP) is 4.76. The monoisotopic (exact) mass is 294 g/mol. The average molecular weight is 294 g/mol. The molecule has 1 aliphatic rings. The van der Waals surface area contributed by atoms with Crippen LogP contribution in [0.25, 0.3) is 0 Å². The number of benzene rings is 2. The molecule has 1 heterocycles. The molecule has 0 amide bonds. The average Bonchev–Trinajstić information content (AvgIpc) is 2.79. The second kappa shape index (κ2) is 6.35. The third kappa shape index (κ3) is 2.92. The summed E-state index contributed by atoms with van der Waals surface area (Å²) in [6, 6.07) is 13.5. The van der Waals surface area contributed by atoms with Crippen LogP contribution in [-0.4, -0.2) is 12.4 Å². The SMILES string of the molecule is CC(C)c1cc(C(=O)c2ccccc2)cc2c1OCCCC2. The molecule has 0 spiro atoms. The highest BCUT2D eigenvalue weighted by Crippen LogP contribution is 2.35. The van der Waals surface area contributed by atoms with Gasteiger partial charge in [0.1, 0.15) is 5.75 Å². The van der Waals surface area contributed by atoms with Crippen molar-refractivity contribution in [3.8, 4) is 5.75 Å². The molecule has 0 aromatic heterocycles. The van der Waals surface area contributed by atoms with Crippen molar-refractivity contribution in [2.45, 2.75) is 39.0 Å². The molecule has 114 valence electrons. The predicted molar refractivity (Wildman–Crippen MR) is 88.8 cm³/mol. The van der Waals surface area contributed by atoms with Gasteiger partial charge in [0.05, 0.1) is 6.61 Å². The maximum Gasteiger partial charge on any atom is 0.193 e. The topological polar surface area (TPSA) is 26.3 Å². The van der Waals surface area contributed by atoms with E-state index in [0.29, 0.717) is 5.92 Å². The Hall–Kier alpha value is -2.09. The van der Waals surface area contributed by atoms with Crippen molar-refractivity contribution in [1.82, 2.24) is 0 Å². The molecule has 0 unspecified atom stereocenters. The molecule has 2 heteroatoms. The second-order valence-electron chi connectivity index (χ2n) is 6.21. The highest BCUT2D eigenvalue weighted by molar-refractivity contribution is 6.09. The molecule has 0 atom stereocenters. The first kappa shape index (κ1) is 14.8. The van der Waals surface area contributed by atoms with Crippen molar-refractivity contribution in [3.63, 3.8) is 0 Å². The molecule has 2 aromatic rings. The summed E-state index contributed by atoms with van der Waals surface area (Å²) < 4.78 is 5.97. The first-order valence-corrected chi connectivity index (χ1v) is 8.06. The molecule has 1 aliphatic heterocycles. The van der Waals surface area contributed by atoms with Gasteiger partial charge in [-0.05, 0) is 48.4 Å². The second-order valence-corrected chi connectivity index (χ2v) is 6.21. The number of carbonyl (C=O) groups excluding carboxylic acids is 1. The van der Waals surface area contributed by atoms with Crippen LogP contribution in [0.15, 0.2) is 42.5 Å². The smallest absolute Gasteiger partial charge is 0.193 e. The molecule has 0 aliphatic carbocycles. The Morgan fingerprint density at radius 3 is 2.55 bits per heavy atom. The van der Waals surface area contributed by atoms with Gasteiger partial charge in [0.2, 0.25) is 0 Å². The van der Waals surface area contributed by atoms with Crippen LogP contribution in [0.1, 0.15) is 59.7 Å². The fourth-order valence-electron chi connectivity index (χ4n) is 2.98. The highest BCUT2D eigenvalue weighted by Gasteiger charge is 2.20. The summed E-state index contributed by atoms with van der Waals surface area (Å²) in [5.74, 6) is 1.45. The van der Waals surface area contributed by atoms with Gasteiger partial charge in [0.15, 0.2) is 5.78 Å².